The molecule has 1 spiro atoms. The van der Waals surface area contributed by atoms with Crippen molar-refractivity contribution in [3.05, 3.63) is 134 Å². The molecular formula is C37H39N3O6. The van der Waals surface area contributed by atoms with E-state index in [4.69, 9.17) is 9.47 Å². The van der Waals surface area contributed by atoms with Crippen molar-refractivity contribution in [1.82, 2.24) is 10.2 Å². The number of piperidine rings is 1. The van der Waals surface area contributed by atoms with Crippen LogP contribution in [0, 0.1) is 15.5 Å². The number of nitro groups is 1. The van der Waals surface area contributed by atoms with Crippen LogP contribution in [0.2, 0.25) is 0 Å². The highest BCUT2D eigenvalue weighted by atomic mass is 16.6. The molecule has 6 rings (SSSR count). The number of carbonyl (C=O) groups excluding carboxylic acids is 2. The number of non-ortho nitro benzene ring substituents is 1. The van der Waals surface area contributed by atoms with Gasteiger partial charge >= 0.3 is 11.9 Å². The summed E-state index contributed by atoms with van der Waals surface area (Å²) in [6, 6.07) is 27.5. The van der Waals surface area contributed by atoms with Crippen LogP contribution in [0.5, 0.6) is 0 Å². The van der Waals surface area contributed by atoms with Gasteiger partial charge in [-0.25, -0.2) is 9.59 Å². The minimum absolute atomic E-state index is 0.126. The van der Waals surface area contributed by atoms with Crippen LogP contribution in [0.3, 0.4) is 0 Å². The molecule has 46 heavy (non-hydrogen) atoms. The number of benzene rings is 3. The third-order valence-corrected chi connectivity index (χ3v) is 9.85. The molecule has 0 aromatic heterocycles. The summed E-state index contributed by atoms with van der Waals surface area (Å²) < 4.78 is 11.2. The van der Waals surface area contributed by atoms with Crippen molar-refractivity contribution in [2.24, 2.45) is 5.41 Å². The monoisotopic (exact) mass is 621 g/mol. The number of likely N-dealkylation sites (tertiary alicyclic amines) is 1. The summed E-state index contributed by atoms with van der Waals surface area (Å²) in [6.07, 6.45) is 3.37. The molecular weight excluding hydrogens is 582 g/mol. The quantitative estimate of drug-likeness (QED) is 0.171. The second kappa shape index (κ2) is 12.9. The summed E-state index contributed by atoms with van der Waals surface area (Å²) in [6.45, 7) is 5.38. The van der Waals surface area contributed by atoms with Crippen molar-refractivity contribution in [3.63, 3.8) is 0 Å². The molecule has 2 aliphatic heterocycles. The Balaban J connectivity index is 1.16. The first-order valence-electron chi connectivity index (χ1n) is 15.8. The largest absolute Gasteiger partial charge is 0.466 e. The van der Waals surface area contributed by atoms with Gasteiger partial charge in [0.2, 0.25) is 0 Å². The van der Waals surface area contributed by atoms with Gasteiger partial charge in [0.1, 0.15) is 6.10 Å². The number of nitro benzene ring substituents is 1. The van der Waals surface area contributed by atoms with Gasteiger partial charge in [0, 0.05) is 23.5 Å². The fourth-order valence-corrected chi connectivity index (χ4v) is 7.55. The minimum atomic E-state index is -0.869. The van der Waals surface area contributed by atoms with Crippen molar-refractivity contribution in [2.75, 3.05) is 20.2 Å². The molecule has 1 saturated carbocycles. The predicted octanol–water partition coefficient (Wildman–Crippen LogP) is 6.58. The van der Waals surface area contributed by atoms with Gasteiger partial charge in [0.15, 0.2) is 0 Å². The number of hydrogen-bond donors (Lipinski definition) is 1. The molecule has 9 nitrogen and oxygen atoms in total. The molecule has 1 atom stereocenters. The molecule has 1 saturated heterocycles. The fraction of sp³-hybridized carbons (Fsp3) is 0.351. The SMILES string of the molecule is COC(=O)C1=C(C)NC(C)=C(C(=O)OC2CC3(CCN(C(c4ccccc4)c4ccccc4)CC3)C2)C1c1cccc([N+](=O)[O-])c1. The summed E-state index contributed by atoms with van der Waals surface area (Å²) in [7, 11) is 1.28. The smallest absolute Gasteiger partial charge is 0.337 e. The maximum Gasteiger partial charge on any atom is 0.337 e. The van der Waals surface area contributed by atoms with Gasteiger partial charge in [-0.3, -0.25) is 15.0 Å². The molecule has 0 bridgehead atoms. The second-order valence-electron chi connectivity index (χ2n) is 12.7. The number of allylic oxidation sites excluding steroid dienone is 2. The van der Waals surface area contributed by atoms with E-state index in [0.29, 0.717) is 17.0 Å². The highest BCUT2D eigenvalue weighted by Gasteiger charge is 2.49. The standard InChI is InChI=1S/C37H39N3O6/c1-24-31(35(41)45-3)33(28-15-10-16-29(21-28)40(43)44)32(25(2)38-24)36(42)46-30-22-37(23-30)17-19-39(20-18-37)34(26-11-6-4-7-12-26)27-13-8-5-9-14-27/h4-16,21,30,33-34,38H,17-20,22-23H2,1-3H3. The Bertz CT molecular complexity index is 1640. The van der Waals surface area contributed by atoms with Crippen LogP contribution >= 0.6 is 0 Å². The lowest BCUT2D eigenvalue weighted by atomic mass is 9.61. The van der Waals surface area contributed by atoms with Crippen molar-refractivity contribution in [3.8, 4) is 0 Å². The number of hydrogen-bond acceptors (Lipinski definition) is 8. The van der Waals surface area contributed by atoms with Crippen LogP contribution in [0.4, 0.5) is 5.69 Å². The minimum Gasteiger partial charge on any atom is -0.466 e. The Morgan fingerprint density at radius 2 is 1.43 bits per heavy atom. The van der Waals surface area contributed by atoms with Crippen LogP contribution in [0.1, 0.15) is 68.2 Å². The Morgan fingerprint density at radius 1 is 0.870 bits per heavy atom. The topological polar surface area (TPSA) is 111 Å². The van der Waals surface area contributed by atoms with Crippen LogP contribution in [-0.2, 0) is 19.1 Å². The molecule has 1 unspecified atom stereocenters. The first-order valence-corrected chi connectivity index (χ1v) is 15.8. The average Bonchev–Trinajstić information content (AvgIpc) is 3.05. The summed E-state index contributed by atoms with van der Waals surface area (Å²) in [5.41, 5.74) is 4.56. The van der Waals surface area contributed by atoms with Crippen molar-refractivity contribution in [1.29, 1.82) is 0 Å². The molecule has 0 amide bonds. The fourth-order valence-electron chi connectivity index (χ4n) is 7.55. The lowest BCUT2D eigenvalue weighted by Gasteiger charge is -2.52. The van der Waals surface area contributed by atoms with Crippen LogP contribution in [0.25, 0.3) is 0 Å². The number of dihydropyridines is 1. The van der Waals surface area contributed by atoms with Gasteiger partial charge in [0.25, 0.3) is 5.69 Å². The molecule has 2 fully saturated rings. The third kappa shape index (κ3) is 6.07. The van der Waals surface area contributed by atoms with E-state index in [0.717, 1.165) is 38.8 Å². The Hall–Kier alpha value is -4.76. The predicted molar refractivity (Wildman–Crippen MR) is 173 cm³/mol. The molecule has 1 aliphatic carbocycles. The maximum atomic E-state index is 13.9. The number of nitrogens with zero attached hydrogens (tertiary/aromatic N) is 2. The Labute approximate surface area is 269 Å². The zero-order chi connectivity index (χ0) is 32.4. The second-order valence-corrected chi connectivity index (χ2v) is 12.7. The number of esters is 2. The number of carbonyl (C=O) groups is 2. The summed E-state index contributed by atoms with van der Waals surface area (Å²) >= 11 is 0. The molecule has 1 N–H and O–H groups in total. The average molecular weight is 622 g/mol. The molecule has 3 aromatic carbocycles. The van der Waals surface area contributed by atoms with Crippen LogP contribution < -0.4 is 5.32 Å². The zero-order valence-electron chi connectivity index (χ0n) is 26.4. The first kappa shape index (κ1) is 31.2. The maximum absolute atomic E-state index is 13.9. The van der Waals surface area contributed by atoms with E-state index in [9.17, 15) is 19.7 Å². The van der Waals surface area contributed by atoms with Crippen molar-refractivity contribution >= 4 is 17.6 Å². The molecule has 3 aliphatic rings. The number of nitrogens with one attached hydrogen (secondary N) is 1. The highest BCUT2D eigenvalue weighted by molar-refractivity contribution is 6.00. The Kier molecular flexibility index (Phi) is 8.77. The van der Waals surface area contributed by atoms with E-state index in [2.05, 4.69) is 58.7 Å². The summed E-state index contributed by atoms with van der Waals surface area (Å²) in [5, 5.41) is 14.7. The van der Waals surface area contributed by atoms with Gasteiger partial charge in [0.05, 0.1) is 35.1 Å². The molecule has 2 heterocycles. The summed E-state index contributed by atoms with van der Waals surface area (Å²) in [4.78, 5) is 40.5. The van der Waals surface area contributed by atoms with E-state index in [1.165, 1.54) is 30.4 Å². The third-order valence-electron chi connectivity index (χ3n) is 9.85. The first-order chi connectivity index (χ1) is 22.2. The number of rotatable bonds is 8. The number of methoxy groups -OCH3 is 1. The van der Waals surface area contributed by atoms with E-state index < -0.39 is 22.8 Å². The zero-order valence-corrected chi connectivity index (χ0v) is 26.4. The molecule has 0 radical (unpaired) electrons. The van der Waals surface area contributed by atoms with Crippen LogP contribution in [-0.4, -0.2) is 48.1 Å². The number of ether oxygens (including phenoxy) is 2. The van der Waals surface area contributed by atoms with Gasteiger partial charge in [-0.15, -0.1) is 0 Å². The van der Waals surface area contributed by atoms with E-state index >= 15 is 0 Å². The summed E-state index contributed by atoms with van der Waals surface area (Å²) in [5.74, 6) is -2.01. The molecule has 9 heteroatoms. The van der Waals surface area contributed by atoms with Crippen molar-refractivity contribution in [2.45, 2.75) is 57.6 Å². The van der Waals surface area contributed by atoms with E-state index in [1.54, 1.807) is 26.0 Å². The van der Waals surface area contributed by atoms with Gasteiger partial charge < -0.3 is 14.8 Å². The van der Waals surface area contributed by atoms with Gasteiger partial charge in [-0.1, -0.05) is 72.8 Å². The molecule has 3 aromatic rings. The normalized spacial score (nSPS) is 19.9. The Morgan fingerprint density at radius 3 is 1.98 bits per heavy atom. The molecule has 238 valence electrons. The van der Waals surface area contributed by atoms with Crippen LogP contribution in [0.15, 0.2) is 107 Å². The highest BCUT2D eigenvalue weighted by Crippen LogP contribution is 2.52. The van der Waals surface area contributed by atoms with Gasteiger partial charge in [-0.2, -0.15) is 0 Å². The lowest BCUT2D eigenvalue weighted by Crippen LogP contribution is -2.51. The van der Waals surface area contributed by atoms with Crippen molar-refractivity contribution < 1.29 is 24.0 Å². The van der Waals surface area contributed by atoms with Gasteiger partial charge in [-0.05, 0) is 74.7 Å². The lowest BCUT2D eigenvalue weighted by molar-refractivity contribution is -0.384. The van der Waals surface area contributed by atoms with E-state index in [1.807, 2.05) is 12.1 Å². The van der Waals surface area contributed by atoms with E-state index in [-0.39, 0.29) is 34.4 Å².